The Morgan fingerprint density at radius 1 is 1.17 bits per heavy atom. The SMILES string of the molecule is CC1(C)NC(=O)N(CCCC(=O)N2CCCCC2c2[nH]ncc2-c2ccc(C(F)(F)F)cc2)C1=O. The van der Waals surface area contributed by atoms with E-state index in [1.807, 2.05) is 0 Å². The van der Waals surface area contributed by atoms with Crippen LogP contribution in [0.2, 0.25) is 0 Å². The highest BCUT2D eigenvalue weighted by Gasteiger charge is 2.44. The summed E-state index contributed by atoms with van der Waals surface area (Å²) in [4.78, 5) is 40.4. The normalized spacial score (nSPS) is 20.3. The maximum absolute atomic E-state index is 13.1. The van der Waals surface area contributed by atoms with Gasteiger partial charge in [-0.2, -0.15) is 18.3 Å². The monoisotopic (exact) mass is 491 g/mol. The van der Waals surface area contributed by atoms with Crippen LogP contribution in [-0.4, -0.2) is 56.5 Å². The highest BCUT2D eigenvalue weighted by Crippen LogP contribution is 2.37. The number of aromatic amines is 1. The number of alkyl halides is 3. The first-order chi connectivity index (χ1) is 16.5. The second-order valence-electron chi connectivity index (χ2n) is 9.49. The van der Waals surface area contributed by atoms with Crippen LogP contribution in [0.5, 0.6) is 0 Å². The summed E-state index contributed by atoms with van der Waals surface area (Å²) in [7, 11) is 0. The second-order valence-corrected chi connectivity index (χ2v) is 9.49. The maximum Gasteiger partial charge on any atom is 0.416 e. The molecule has 2 saturated heterocycles. The predicted octanol–water partition coefficient (Wildman–Crippen LogP) is 4.26. The van der Waals surface area contributed by atoms with Gasteiger partial charge in [-0.05, 0) is 57.2 Å². The molecule has 1 unspecified atom stereocenters. The molecule has 11 heteroatoms. The minimum absolute atomic E-state index is 0.103. The summed E-state index contributed by atoms with van der Waals surface area (Å²) < 4.78 is 38.8. The van der Waals surface area contributed by atoms with Gasteiger partial charge in [0.05, 0.1) is 23.5 Å². The molecule has 3 heterocycles. The van der Waals surface area contributed by atoms with Gasteiger partial charge in [-0.15, -0.1) is 0 Å². The van der Waals surface area contributed by atoms with E-state index in [2.05, 4.69) is 15.5 Å². The zero-order valence-electron chi connectivity index (χ0n) is 19.6. The summed E-state index contributed by atoms with van der Waals surface area (Å²) in [6.45, 7) is 3.97. The van der Waals surface area contributed by atoms with E-state index in [0.717, 1.165) is 29.9 Å². The topological polar surface area (TPSA) is 98.4 Å². The number of nitrogens with zero attached hydrogens (tertiary/aromatic N) is 3. The minimum Gasteiger partial charge on any atom is -0.334 e. The molecule has 1 aromatic carbocycles. The van der Waals surface area contributed by atoms with Gasteiger partial charge in [-0.1, -0.05) is 12.1 Å². The number of nitrogens with one attached hydrogen (secondary N) is 2. The molecular formula is C24H28F3N5O3. The lowest BCUT2D eigenvalue weighted by Crippen LogP contribution is -2.41. The Balaban J connectivity index is 1.45. The number of benzene rings is 1. The lowest BCUT2D eigenvalue weighted by Gasteiger charge is -2.36. The fourth-order valence-electron chi connectivity index (χ4n) is 4.70. The molecule has 2 aliphatic rings. The number of hydrogen-bond donors (Lipinski definition) is 2. The summed E-state index contributed by atoms with van der Waals surface area (Å²) in [5.41, 5.74) is 0.253. The quantitative estimate of drug-likeness (QED) is 0.590. The molecule has 1 atom stereocenters. The van der Waals surface area contributed by atoms with E-state index in [0.29, 0.717) is 36.2 Å². The van der Waals surface area contributed by atoms with E-state index >= 15 is 0 Å². The van der Waals surface area contributed by atoms with Crippen LogP contribution in [0.4, 0.5) is 18.0 Å². The molecule has 4 amide bonds. The van der Waals surface area contributed by atoms with Crippen molar-refractivity contribution >= 4 is 17.8 Å². The molecule has 0 bridgehead atoms. The van der Waals surface area contributed by atoms with Crippen LogP contribution in [0.15, 0.2) is 30.5 Å². The summed E-state index contributed by atoms with van der Waals surface area (Å²) in [5.74, 6) is -0.418. The maximum atomic E-state index is 13.1. The van der Waals surface area contributed by atoms with Gasteiger partial charge in [-0.25, -0.2) is 4.79 Å². The predicted molar refractivity (Wildman–Crippen MR) is 121 cm³/mol. The third-order valence-corrected chi connectivity index (χ3v) is 6.57. The number of carbonyl (C=O) groups excluding carboxylic acids is 3. The molecule has 0 saturated carbocycles. The van der Waals surface area contributed by atoms with Gasteiger partial charge >= 0.3 is 12.2 Å². The Morgan fingerprint density at radius 3 is 2.51 bits per heavy atom. The molecule has 1 aromatic heterocycles. The van der Waals surface area contributed by atoms with E-state index in [-0.39, 0.29) is 30.8 Å². The number of carbonyl (C=O) groups is 3. The first-order valence-corrected chi connectivity index (χ1v) is 11.6. The number of amides is 4. The summed E-state index contributed by atoms with van der Waals surface area (Å²) in [5, 5.41) is 9.68. The molecule has 4 rings (SSSR count). The lowest BCUT2D eigenvalue weighted by atomic mass is 9.94. The third-order valence-electron chi connectivity index (χ3n) is 6.57. The number of likely N-dealkylation sites (tertiary alicyclic amines) is 1. The summed E-state index contributed by atoms with van der Waals surface area (Å²) >= 11 is 0. The molecule has 188 valence electrons. The standard InChI is InChI=1S/C24H28F3N5O3/c1-23(2)21(34)32(22(35)29-23)13-5-7-19(33)31-12-4-3-6-18(31)20-17(14-28-30-20)15-8-10-16(11-9-15)24(25,26)27/h8-11,14,18H,3-7,12-13H2,1-2H3,(H,28,30)(H,29,35). The van der Waals surface area contributed by atoms with Gasteiger partial charge in [0, 0.05) is 25.1 Å². The largest absolute Gasteiger partial charge is 0.416 e. The van der Waals surface area contributed by atoms with E-state index in [1.165, 1.54) is 12.1 Å². The van der Waals surface area contributed by atoms with Crippen molar-refractivity contribution < 1.29 is 27.6 Å². The smallest absolute Gasteiger partial charge is 0.334 e. The van der Waals surface area contributed by atoms with Crippen LogP contribution in [0.3, 0.4) is 0 Å². The van der Waals surface area contributed by atoms with Crippen LogP contribution in [0, 0.1) is 0 Å². The van der Waals surface area contributed by atoms with Gasteiger partial charge < -0.3 is 10.2 Å². The molecule has 0 aliphatic carbocycles. The number of hydrogen-bond acceptors (Lipinski definition) is 4. The lowest BCUT2D eigenvalue weighted by molar-refractivity contribution is -0.137. The van der Waals surface area contributed by atoms with E-state index in [1.54, 1.807) is 24.9 Å². The molecule has 8 nitrogen and oxygen atoms in total. The number of H-pyrrole nitrogens is 1. The zero-order chi connectivity index (χ0) is 25.4. The fraction of sp³-hybridized carbons (Fsp3) is 0.500. The molecule has 0 spiro atoms. The summed E-state index contributed by atoms with van der Waals surface area (Å²) in [6.07, 6.45) is 0.0895. The fourth-order valence-corrected chi connectivity index (χ4v) is 4.70. The number of rotatable bonds is 6. The number of imide groups is 1. The van der Waals surface area contributed by atoms with E-state index in [4.69, 9.17) is 0 Å². The Morgan fingerprint density at radius 2 is 1.89 bits per heavy atom. The first kappa shape index (κ1) is 24.7. The van der Waals surface area contributed by atoms with Crippen molar-refractivity contribution in [3.05, 3.63) is 41.7 Å². The second kappa shape index (κ2) is 9.35. The number of urea groups is 1. The van der Waals surface area contributed by atoms with Crippen molar-refractivity contribution in [2.45, 2.75) is 63.7 Å². The number of piperidine rings is 1. The first-order valence-electron chi connectivity index (χ1n) is 11.6. The van der Waals surface area contributed by atoms with Crippen molar-refractivity contribution in [3.63, 3.8) is 0 Å². The van der Waals surface area contributed by atoms with E-state index < -0.39 is 23.3 Å². The zero-order valence-corrected chi connectivity index (χ0v) is 19.6. The van der Waals surface area contributed by atoms with Crippen LogP contribution in [0.1, 0.15) is 63.3 Å². The molecule has 35 heavy (non-hydrogen) atoms. The van der Waals surface area contributed by atoms with E-state index in [9.17, 15) is 27.6 Å². The van der Waals surface area contributed by atoms with Gasteiger partial charge in [0.25, 0.3) is 5.91 Å². The Hall–Kier alpha value is -3.37. The molecule has 0 radical (unpaired) electrons. The highest BCUT2D eigenvalue weighted by atomic mass is 19.4. The molecule has 2 N–H and O–H groups in total. The molecule has 2 fully saturated rings. The minimum atomic E-state index is -4.42. The van der Waals surface area contributed by atoms with Crippen molar-refractivity contribution in [3.8, 4) is 11.1 Å². The Labute approximate surface area is 200 Å². The molecule has 2 aromatic rings. The third kappa shape index (κ3) is 5.03. The molecular weight excluding hydrogens is 463 g/mol. The van der Waals surface area contributed by atoms with Gasteiger partial charge in [0.1, 0.15) is 5.54 Å². The van der Waals surface area contributed by atoms with Crippen LogP contribution in [0.25, 0.3) is 11.1 Å². The average molecular weight is 492 g/mol. The van der Waals surface area contributed by atoms with Gasteiger partial charge in [0.15, 0.2) is 0 Å². The van der Waals surface area contributed by atoms with Crippen molar-refractivity contribution in [1.29, 1.82) is 0 Å². The highest BCUT2D eigenvalue weighted by molar-refractivity contribution is 6.06. The Kier molecular flexibility index (Phi) is 6.61. The number of aromatic nitrogens is 2. The average Bonchev–Trinajstić information content (AvgIpc) is 3.37. The van der Waals surface area contributed by atoms with Crippen LogP contribution >= 0.6 is 0 Å². The number of halogens is 3. The Bertz CT molecular complexity index is 1110. The summed E-state index contributed by atoms with van der Waals surface area (Å²) in [6, 6.07) is 4.14. The molecule has 2 aliphatic heterocycles. The van der Waals surface area contributed by atoms with Crippen molar-refractivity contribution in [2.75, 3.05) is 13.1 Å². The van der Waals surface area contributed by atoms with Gasteiger partial charge in [-0.3, -0.25) is 19.6 Å². The van der Waals surface area contributed by atoms with Crippen molar-refractivity contribution in [1.82, 2.24) is 25.3 Å². The van der Waals surface area contributed by atoms with Gasteiger partial charge in [0.2, 0.25) is 5.91 Å². The van der Waals surface area contributed by atoms with Crippen LogP contribution in [-0.2, 0) is 15.8 Å². The van der Waals surface area contributed by atoms with Crippen molar-refractivity contribution in [2.24, 2.45) is 0 Å². The van der Waals surface area contributed by atoms with Crippen LogP contribution < -0.4 is 5.32 Å².